The first-order valence-corrected chi connectivity index (χ1v) is 6.67. The molecule has 0 fully saturated rings. The van der Waals surface area contributed by atoms with E-state index in [2.05, 4.69) is 5.32 Å². The molecule has 17 heavy (non-hydrogen) atoms. The van der Waals surface area contributed by atoms with Gasteiger partial charge in [0, 0.05) is 19.0 Å². The van der Waals surface area contributed by atoms with E-state index < -0.39 is 6.10 Å². The Morgan fingerprint density at radius 3 is 2.82 bits per heavy atom. The van der Waals surface area contributed by atoms with Crippen molar-refractivity contribution < 1.29 is 9.90 Å². The van der Waals surface area contributed by atoms with Gasteiger partial charge in [-0.2, -0.15) is 11.3 Å². The van der Waals surface area contributed by atoms with Gasteiger partial charge in [0.2, 0.25) is 5.91 Å². The van der Waals surface area contributed by atoms with Gasteiger partial charge in [-0.15, -0.1) is 0 Å². The summed E-state index contributed by atoms with van der Waals surface area (Å²) in [6.07, 6.45) is -0.339. The van der Waals surface area contributed by atoms with Crippen LogP contribution in [0.15, 0.2) is 16.8 Å². The van der Waals surface area contributed by atoms with E-state index in [0.29, 0.717) is 6.42 Å². The van der Waals surface area contributed by atoms with Crippen LogP contribution < -0.4 is 11.1 Å². The first-order valence-electron chi connectivity index (χ1n) is 5.73. The highest BCUT2D eigenvalue weighted by Gasteiger charge is 2.14. The first-order chi connectivity index (χ1) is 8.00. The summed E-state index contributed by atoms with van der Waals surface area (Å²) in [5.41, 5.74) is 6.63. The average molecular weight is 256 g/mol. The Balaban J connectivity index is 2.29. The summed E-state index contributed by atoms with van der Waals surface area (Å²) in [5, 5.41) is 16.2. The van der Waals surface area contributed by atoms with Crippen LogP contribution in [0, 0.1) is 5.92 Å². The lowest BCUT2D eigenvalue weighted by molar-refractivity contribution is -0.122. The third kappa shape index (κ3) is 4.85. The number of amides is 1. The monoisotopic (exact) mass is 256 g/mol. The van der Waals surface area contributed by atoms with Gasteiger partial charge in [-0.1, -0.05) is 13.8 Å². The molecule has 0 bridgehead atoms. The number of nitrogens with one attached hydrogen (secondary N) is 1. The van der Waals surface area contributed by atoms with Crippen molar-refractivity contribution in [2.45, 2.75) is 32.4 Å². The van der Waals surface area contributed by atoms with Gasteiger partial charge in [0.25, 0.3) is 0 Å². The van der Waals surface area contributed by atoms with Crippen LogP contribution >= 0.6 is 11.3 Å². The molecule has 1 amide bonds. The molecule has 2 atom stereocenters. The molecule has 0 spiro atoms. The minimum Gasteiger partial charge on any atom is -0.387 e. The number of carbonyl (C=O) groups excluding carboxylic acids is 1. The van der Waals surface area contributed by atoms with Crippen molar-refractivity contribution in [2.24, 2.45) is 11.7 Å². The summed E-state index contributed by atoms with van der Waals surface area (Å²) < 4.78 is 0. The van der Waals surface area contributed by atoms with Gasteiger partial charge in [-0.3, -0.25) is 4.79 Å². The average Bonchev–Trinajstić information content (AvgIpc) is 2.79. The predicted molar refractivity (Wildman–Crippen MR) is 69.7 cm³/mol. The van der Waals surface area contributed by atoms with Crippen molar-refractivity contribution in [3.63, 3.8) is 0 Å². The first kappa shape index (κ1) is 14.2. The summed E-state index contributed by atoms with van der Waals surface area (Å²) in [5.74, 6) is 0.169. The van der Waals surface area contributed by atoms with E-state index in [1.807, 2.05) is 30.7 Å². The molecule has 1 aromatic heterocycles. The number of aliphatic hydroxyl groups excluding tert-OH is 1. The molecule has 1 heterocycles. The Morgan fingerprint density at radius 1 is 1.59 bits per heavy atom. The summed E-state index contributed by atoms with van der Waals surface area (Å²) in [4.78, 5) is 11.5. The van der Waals surface area contributed by atoms with Crippen LogP contribution in [-0.4, -0.2) is 23.6 Å². The fraction of sp³-hybridized carbons (Fsp3) is 0.583. The molecular formula is C12H20N2O2S. The standard InChI is InChI=1S/C12H20N2O2S/c1-8(2)10(13)5-12(16)14-6-11(15)9-3-4-17-7-9/h3-4,7-8,10-11,15H,5-6,13H2,1-2H3,(H,14,16). The van der Waals surface area contributed by atoms with Crippen LogP contribution in [0.25, 0.3) is 0 Å². The second kappa shape index (κ2) is 6.74. The van der Waals surface area contributed by atoms with Crippen molar-refractivity contribution >= 4 is 17.2 Å². The molecule has 0 aromatic carbocycles. The zero-order valence-corrected chi connectivity index (χ0v) is 11.0. The van der Waals surface area contributed by atoms with Crippen LogP contribution in [0.5, 0.6) is 0 Å². The molecule has 0 saturated carbocycles. The number of hydrogen-bond donors (Lipinski definition) is 3. The lowest BCUT2D eigenvalue weighted by atomic mass is 10.0. The fourth-order valence-corrected chi connectivity index (χ4v) is 2.02. The van der Waals surface area contributed by atoms with Gasteiger partial charge < -0.3 is 16.2 Å². The van der Waals surface area contributed by atoms with Crippen LogP contribution in [0.3, 0.4) is 0 Å². The quantitative estimate of drug-likeness (QED) is 0.717. The summed E-state index contributed by atoms with van der Waals surface area (Å²) in [6.45, 7) is 4.21. The minimum atomic E-state index is -0.638. The summed E-state index contributed by atoms with van der Waals surface area (Å²) in [6, 6.07) is 1.72. The van der Waals surface area contributed by atoms with E-state index in [1.165, 1.54) is 11.3 Å². The number of hydrogen-bond acceptors (Lipinski definition) is 4. The molecule has 0 radical (unpaired) electrons. The highest BCUT2D eigenvalue weighted by atomic mass is 32.1. The largest absolute Gasteiger partial charge is 0.387 e. The molecule has 0 aliphatic heterocycles. The van der Waals surface area contributed by atoms with Crippen molar-refractivity contribution in [2.75, 3.05) is 6.54 Å². The van der Waals surface area contributed by atoms with E-state index in [-0.39, 0.29) is 24.4 Å². The second-order valence-electron chi connectivity index (χ2n) is 4.49. The number of aliphatic hydroxyl groups is 1. The van der Waals surface area contributed by atoms with Gasteiger partial charge in [0.1, 0.15) is 0 Å². The Morgan fingerprint density at radius 2 is 2.29 bits per heavy atom. The van der Waals surface area contributed by atoms with Crippen LogP contribution in [0.1, 0.15) is 31.9 Å². The fourth-order valence-electron chi connectivity index (χ4n) is 1.31. The third-order valence-electron chi connectivity index (χ3n) is 2.70. The Bertz CT molecular complexity index is 338. The van der Waals surface area contributed by atoms with Crippen molar-refractivity contribution in [1.29, 1.82) is 0 Å². The number of thiophene rings is 1. The molecule has 5 heteroatoms. The van der Waals surface area contributed by atoms with Gasteiger partial charge in [0.05, 0.1) is 6.10 Å². The van der Waals surface area contributed by atoms with E-state index in [4.69, 9.17) is 5.73 Å². The molecule has 4 N–H and O–H groups in total. The molecular weight excluding hydrogens is 236 g/mol. The highest BCUT2D eigenvalue weighted by molar-refractivity contribution is 7.07. The van der Waals surface area contributed by atoms with Crippen LogP contribution in [0.2, 0.25) is 0 Å². The zero-order chi connectivity index (χ0) is 12.8. The van der Waals surface area contributed by atoms with Gasteiger partial charge in [0.15, 0.2) is 0 Å². The predicted octanol–water partition coefficient (Wildman–Crippen LogP) is 1.27. The minimum absolute atomic E-state index is 0.111. The molecule has 4 nitrogen and oxygen atoms in total. The smallest absolute Gasteiger partial charge is 0.221 e. The van der Waals surface area contributed by atoms with Crippen LogP contribution in [-0.2, 0) is 4.79 Å². The lowest BCUT2D eigenvalue weighted by Crippen LogP contribution is -2.36. The number of carbonyl (C=O) groups is 1. The molecule has 0 saturated heterocycles. The molecule has 0 aliphatic rings. The third-order valence-corrected chi connectivity index (χ3v) is 3.40. The highest BCUT2D eigenvalue weighted by Crippen LogP contribution is 2.15. The zero-order valence-electron chi connectivity index (χ0n) is 10.2. The van der Waals surface area contributed by atoms with Gasteiger partial charge in [-0.05, 0) is 28.3 Å². The number of nitrogens with two attached hydrogens (primary N) is 1. The maximum absolute atomic E-state index is 11.5. The van der Waals surface area contributed by atoms with Crippen molar-refractivity contribution in [3.8, 4) is 0 Å². The molecule has 0 aliphatic carbocycles. The van der Waals surface area contributed by atoms with E-state index in [9.17, 15) is 9.90 Å². The van der Waals surface area contributed by atoms with E-state index in [1.54, 1.807) is 0 Å². The van der Waals surface area contributed by atoms with Gasteiger partial charge in [-0.25, -0.2) is 0 Å². The molecule has 2 unspecified atom stereocenters. The van der Waals surface area contributed by atoms with Crippen molar-refractivity contribution in [3.05, 3.63) is 22.4 Å². The summed E-state index contributed by atoms with van der Waals surface area (Å²) >= 11 is 1.52. The normalized spacial score (nSPS) is 14.6. The number of rotatable bonds is 6. The van der Waals surface area contributed by atoms with E-state index >= 15 is 0 Å². The Hall–Kier alpha value is -0.910. The van der Waals surface area contributed by atoms with Crippen molar-refractivity contribution in [1.82, 2.24) is 5.32 Å². The Kier molecular flexibility index (Phi) is 5.61. The molecule has 1 rings (SSSR count). The maximum atomic E-state index is 11.5. The Labute approximate surface area is 106 Å². The molecule has 1 aromatic rings. The second-order valence-corrected chi connectivity index (χ2v) is 5.27. The van der Waals surface area contributed by atoms with Gasteiger partial charge >= 0.3 is 0 Å². The topological polar surface area (TPSA) is 75.4 Å². The molecule has 96 valence electrons. The summed E-state index contributed by atoms with van der Waals surface area (Å²) in [7, 11) is 0. The lowest BCUT2D eigenvalue weighted by Gasteiger charge is -2.16. The SMILES string of the molecule is CC(C)C(N)CC(=O)NCC(O)c1ccsc1. The maximum Gasteiger partial charge on any atom is 0.221 e. The van der Waals surface area contributed by atoms with E-state index in [0.717, 1.165) is 5.56 Å². The van der Waals surface area contributed by atoms with Crippen LogP contribution in [0.4, 0.5) is 0 Å².